The number of anilines is 1. The largest absolute Gasteiger partial charge is 0.395 e. The lowest BCUT2D eigenvalue weighted by Gasteiger charge is -2.23. The number of rotatable bonds is 6. The molecule has 122 valence electrons. The number of hydrogen-bond donors (Lipinski definition) is 2. The van der Waals surface area contributed by atoms with Gasteiger partial charge in [-0.05, 0) is 36.7 Å². The Morgan fingerprint density at radius 2 is 2.18 bits per heavy atom. The number of nitrogens with zero attached hydrogens (tertiary/aromatic N) is 2. The molecule has 3 N–H and O–H groups in total. The van der Waals surface area contributed by atoms with Crippen LogP contribution in [0.5, 0.6) is 0 Å². The fraction of sp³-hybridized carbons (Fsp3) is 0.500. The van der Waals surface area contributed by atoms with Crippen molar-refractivity contribution in [3.05, 3.63) is 23.8 Å². The zero-order valence-corrected chi connectivity index (χ0v) is 13.3. The summed E-state index contributed by atoms with van der Waals surface area (Å²) < 4.78 is 22.7. The number of hydrogen-bond acceptors (Lipinski definition) is 5. The maximum absolute atomic E-state index is 12.4. The quantitative estimate of drug-likeness (QED) is 0.735. The number of carbonyl (C=O) groups excluding carboxylic acids is 1. The number of aliphatic hydroxyl groups excluding tert-OH is 1. The molecule has 2 rings (SSSR count). The van der Waals surface area contributed by atoms with Crippen LogP contribution >= 0.6 is 0 Å². The summed E-state index contributed by atoms with van der Waals surface area (Å²) >= 11 is 0. The second kappa shape index (κ2) is 6.74. The summed E-state index contributed by atoms with van der Waals surface area (Å²) in [5, 5.41) is 14.1. The Morgan fingerprint density at radius 3 is 2.77 bits per heavy atom. The third-order valence-electron chi connectivity index (χ3n) is 3.80. The average molecular weight is 327 g/mol. The van der Waals surface area contributed by atoms with Crippen molar-refractivity contribution in [3.8, 4) is 0 Å². The van der Waals surface area contributed by atoms with Gasteiger partial charge in [0.05, 0.1) is 18.0 Å². The SMILES string of the molecule is CCN(CCO)CC(=O)N1CCc2cc(S(N)(=O)=O)ccc21. The van der Waals surface area contributed by atoms with Crippen molar-refractivity contribution in [1.29, 1.82) is 0 Å². The molecule has 1 aliphatic rings. The van der Waals surface area contributed by atoms with Crippen LogP contribution in [0.2, 0.25) is 0 Å². The van der Waals surface area contributed by atoms with E-state index in [0.29, 0.717) is 26.1 Å². The van der Waals surface area contributed by atoms with Gasteiger partial charge in [-0.25, -0.2) is 13.6 Å². The smallest absolute Gasteiger partial charge is 0.241 e. The van der Waals surface area contributed by atoms with Crippen LogP contribution in [-0.4, -0.2) is 57.1 Å². The molecular formula is C14H21N3O4S. The summed E-state index contributed by atoms with van der Waals surface area (Å²) in [5.41, 5.74) is 1.54. The molecule has 1 amide bonds. The first-order chi connectivity index (χ1) is 10.4. The molecule has 0 saturated heterocycles. The number of aliphatic hydroxyl groups is 1. The van der Waals surface area contributed by atoms with Gasteiger partial charge in [0.15, 0.2) is 0 Å². The number of amides is 1. The normalized spacial score (nSPS) is 14.5. The average Bonchev–Trinajstić information content (AvgIpc) is 2.88. The molecule has 1 aliphatic heterocycles. The summed E-state index contributed by atoms with van der Waals surface area (Å²) in [5.74, 6) is -0.0580. The van der Waals surface area contributed by atoms with E-state index in [9.17, 15) is 13.2 Å². The fourth-order valence-electron chi connectivity index (χ4n) is 2.58. The number of sulfonamides is 1. The molecule has 1 aromatic rings. The molecule has 0 aliphatic carbocycles. The van der Waals surface area contributed by atoms with Crippen LogP contribution in [0.3, 0.4) is 0 Å². The van der Waals surface area contributed by atoms with Gasteiger partial charge in [-0.1, -0.05) is 6.92 Å². The van der Waals surface area contributed by atoms with Crippen LogP contribution in [0, 0.1) is 0 Å². The molecule has 0 spiro atoms. The van der Waals surface area contributed by atoms with Crippen LogP contribution in [0.25, 0.3) is 0 Å². The van der Waals surface area contributed by atoms with E-state index in [1.165, 1.54) is 12.1 Å². The van der Waals surface area contributed by atoms with Crippen molar-refractivity contribution >= 4 is 21.6 Å². The minimum atomic E-state index is -3.73. The molecule has 0 atom stereocenters. The van der Waals surface area contributed by atoms with Crippen LogP contribution in [0.4, 0.5) is 5.69 Å². The zero-order chi connectivity index (χ0) is 16.3. The van der Waals surface area contributed by atoms with Crippen molar-refractivity contribution < 1.29 is 18.3 Å². The minimum absolute atomic E-state index is 0.00935. The van der Waals surface area contributed by atoms with Gasteiger partial charge in [-0.2, -0.15) is 0 Å². The highest BCUT2D eigenvalue weighted by Gasteiger charge is 2.26. The molecule has 1 heterocycles. The Hall–Kier alpha value is -1.48. The summed E-state index contributed by atoms with van der Waals surface area (Å²) in [4.78, 5) is 16.0. The molecular weight excluding hydrogens is 306 g/mol. The highest BCUT2D eigenvalue weighted by Crippen LogP contribution is 2.30. The monoisotopic (exact) mass is 327 g/mol. The van der Waals surface area contributed by atoms with Gasteiger partial charge in [0.25, 0.3) is 0 Å². The Balaban J connectivity index is 2.16. The lowest BCUT2D eigenvalue weighted by molar-refractivity contribution is -0.119. The number of carbonyl (C=O) groups is 1. The Labute approximate surface area is 130 Å². The van der Waals surface area contributed by atoms with Gasteiger partial charge in [0.1, 0.15) is 0 Å². The van der Waals surface area contributed by atoms with Crippen molar-refractivity contribution in [3.63, 3.8) is 0 Å². The van der Waals surface area contributed by atoms with Crippen molar-refractivity contribution in [1.82, 2.24) is 4.90 Å². The first-order valence-electron chi connectivity index (χ1n) is 7.16. The summed E-state index contributed by atoms with van der Waals surface area (Å²) in [6.07, 6.45) is 0.608. The molecule has 0 saturated carbocycles. The lowest BCUT2D eigenvalue weighted by Crippen LogP contribution is -2.40. The molecule has 7 nitrogen and oxygen atoms in total. The first kappa shape index (κ1) is 16.9. The van der Waals surface area contributed by atoms with Gasteiger partial charge in [-0.15, -0.1) is 0 Å². The second-order valence-electron chi connectivity index (χ2n) is 5.22. The predicted molar refractivity (Wildman–Crippen MR) is 83.1 cm³/mol. The van der Waals surface area contributed by atoms with E-state index in [1.54, 1.807) is 11.0 Å². The second-order valence-corrected chi connectivity index (χ2v) is 6.78. The van der Waals surface area contributed by atoms with E-state index in [0.717, 1.165) is 11.3 Å². The number of benzene rings is 1. The van der Waals surface area contributed by atoms with E-state index in [-0.39, 0.29) is 24.0 Å². The maximum atomic E-state index is 12.4. The predicted octanol–water partition coefficient (Wildman–Crippen LogP) is -0.463. The van der Waals surface area contributed by atoms with Crippen LogP contribution in [0.1, 0.15) is 12.5 Å². The Kier molecular flexibility index (Phi) is 5.17. The zero-order valence-electron chi connectivity index (χ0n) is 12.5. The van der Waals surface area contributed by atoms with E-state index < -0.39 is 10.0 Å². The summed E-state index contributed by atoms with van der Waals surface area (Å²) in [7, 11) is -3.73. The number of nitrogens with two attached hydrogens (primary N) is 1. The highest BCUT2D eigenvalue weighted by molar-refractivity contribution is 7.89. The van der Waals surface area contributed by atoms with E-state index >= 15 is 0 Å². The van der Waals surface area contributed by atoms with E-state index in [4.69, 9.17) is 10.2 Å². The molecule has 0 aromatic heterocycles. The molecule has 8 heteroatoms. The lowest BCUT2D eigenvalue weighted by atomic mass is 10.2. The third kappa shape index (κ3) is 3.64. The van der Waals surface area contributed by atoms with E-state index in [1.807, 2.05) is 11.8 Å². The Bertz CT molecular complexity index is 660. The standard InChI is InChI=1S/C14H21N3O4S/c1-2-16(7-8-18)10-14(19)17-6-5-11-9-12(22(15,20)21)3-4-13(11)17/h3-4,9,18H,2,5-8,10H2,1H3,(H2,15,20,21). The first-order valence-corrected chi connectivity index (χ1v) is 8.70. The maximum Gasteiger partial charge on any atom is 0.241 e. The molecule has 0 radical (unpaired) electrons. The van der Waals surface area contributed by atoms with E-state index in [2.05, 4.69) is 0 Å². The van der Waals surface area contributed by atoms with Gasteiger partial charge in [-0.3, -0.25) is 9.69 Å². The summed E-state index contributed by atoms with van der Waals surface area (Å²) in [6.45, 7) is 3.83. The van der Waals surface area contributed by atoms with Crippen molar-refractivity contribution in [2.75, 3.05) is 37.7 Å². The van der Waals surface area contributed by atoms with Crippen molar-refractivity contribution in [2.24, 2.45) is 5.14 Å². The number of fused-ring (bicyclic) bond motifs is 1. The van der Waals surface area contributed by atoms with Crippen molar-refractivity contribution in [2.45, 2.75) is 18.2 Å². The van der Waals surface area contributed by atoms with Crippen LogP contribution < -0.4 is 10.0 Å². The molecule has 0 fully saturated rings. The van der Waals surface area contributed by atoms with Gasteiger partial charge in [0.2, 0.25) is 15.9 Å². The highest BCUT2D eigenvalue weighted by atomic mass is 32.2. The fourth-order valence-corrected chi connectivity index (χ4v) is 3.15. The van der Waals surface area contributed by atoms with Crippen LogP contribution in [0.15, 0.2) is 23.1 Å². The minimum Gasteiger partial charge on any atom is -0.395 e. The Morgan fingerprint density at radius 1 is 1.45 bits per heavy atom. The molecule has 0 unspecified atom stereocenters. The third-order valence-corrected chi connectivity index (χ3v) is 4.71. The van der Waals surface area contributed by atoms with Gasteiger partial charge >= 0.3 is 0 Å². The van der Waals surface area contributed by atoms with Crippen LogP contribution in [-0.2, 0) is 21.2 Å². The number of primary sulfonamides is 1. The summed E-state index contributed by atoms with van der Waals surface area (Å²) in [6, 6.07) is 4.58. The van der Waals surface area contributed by atoms with Gasteiger partial charge in [0, 0.05) is 18.8 Å². The van der Waals surface area contributed by atoms with Gasteiger partial charge < -0.3 is 10.0 Å². The molecule has 0 bridgehead atoms. The number of likely N-dealkylation sites (N-methyl/N-ethyl adjacent to an activating group) is 1. The molecule has 22 heavy (non-hydrogen) atoms. The topological polar surface area (TPSA) is 104 Å². The molecule has 1 aromatic carbocycles.